The molecule has 0 unspecified atom stereocenters. The Morgan fingerprint density at radius 3 is 2.14 bits per heavy atom. The van der Waals surface area contributed by atoms with E-state index in [0.29, 0.717) is 0 Å². The van der Waals surface area contributed by atoms with Gasteiger partial charge in [-0.25, -0.2) is 4.39 Å². The number of benzene rings is 1. The van der Waals surface area contributed by atoms with Crippen LogP contribution in [0.4, 0.5) is 4.39 Å². The average Bonchev–Trinajstić information content (AvgIpc) is 2.75. The maximum Gasteiger partial charge on any atom is 0.123 e. The molecule has 0 aliphatic carbocycles. The van der Waals surface area contributed by atoms with Gasteiger partial charge in [-0.3, -0.25) is 0 Å². The number of halogens is 1. The minimum atomic E-state index is -0.185. The van der Waals surface area contributed by atoms with Crippen LogP contribution >= 0.6 is 11.3 Å². The van der Waals surface area contributed by atoms with E-state index < -0.39 is 0 Å². The molecule has 0 atom stereocenters. The minimum absolute atomic E-state index is 0.185. The van der Waals surface area contributed by atoms with E-state index in [1.807, 2.05) is 31.4 Å². The predicted octanol–water partition coefficient (Wildman–Crippen LogP) is 4.58. The fourth-order valence-electron chi connectivity index (χ4n) is 1.06. The van der Waals surface area contributed by atoms with Crippen molar-refractivity contribution in [1.29, 1.82) is 0 Å². The fraction of sp³-hybridized carbons (Fsp3) is 0.167. The topological polar surface area (TPSA) is 0 Å². The Hall–Kier alpha value is -1.15. The molecule has 1 aromatic carbocycles. The summed E-state index contributed by atoms with van der Waals surface area (Å²) in [5.74, 6) is -0.185. The highest BCUT2D eigenvalue weighted by atomic mass is 32.1. The first-order chi connectivity index (χ1) is 6.86. The molecule has 2 aromatic rings. The molecule has 0 fully saturated rings. The lowest BCUT2D eigenvalue weighted by atomic mass is 10.2. The van der Waals surface area contributed by atoms with Crippen molar-refractivity contribution in [2.45, 2.75) is 13.8 Å². The van der Waals surface area contributed by atoms with Gasteiger partial charge in [-0.2, -0.15) is 0 Å². The van der Waals surface area contributed by atoms with Gasteiger partial charge in [0.1, 0.15) is 5.82 Å². The molecule has 0 saturated carbocycles. The lowest BCUT2D eigenvalue weighted by molar-refractivity contribution is 0.628. The summed E-state index contributed by atoms with van der Waals surface area (Å²) in [5, 5.41) is 2.01. The second-order valence-electron chi connectivity index (χ2n) is 2.48. The van der Waals surface area contributed by atoms with E-state index >= 15 is 0 Å². The summed E-state index contributed by atoms with van der Waals surface area (Å²) in [6, 6.07) is 10.6. The minimum Gasteiger partial charge on any atom is -0.207 e. The third-order valence-electron chi connectivity index (χ3n) is 1.65. The average molecular weight is 208 g/mol. The summed E-state index contributed by atoms with van der Waals surface area (Å²) in [7, 11) is 0. The molecule has 0 amide bonds. The lowest BCUT2D eigenvalue weighted by Gasteiger charge is -1.94. The Morgan fingerprint density at radius 2 is 1.64 bits per heavy atom. The largest absolute Gasteiger partial charge is 0.207 e. The zero-order valence-corrected chi connectivity index (χ0v) is 9.14. The molecule has 14 heavy (non-hydrogen) atoms. The Bertz CT molecular complexity index is 348. The van der Waals surface area contributed by atoms with Gasteiger partial charge in [-0.1, -0.05) is 32.0 Å². The van der Waals surface area contributed by atoms with Gasteiger partial charge in [0.25, 0.3) is 0 Å². The number of hydrogen-bond acceptors (Lipinski definition) is 1. The van der Waals surface area contributed by atoms with Gasteiger partial charge < -0.3 is 0 Å². The third kappa shape index (κ3) is 2.67. The van der Waals surface area contributed by atoms with Crippen LogP contribution < -0.4 is 0 Å². The Kier molecular flexibility index (Phi) is 4.33. The molecule has 0 radical (unpaired) electrons. The van der Waals surface area contributed by atoms with Crippen LogP contribution in [0.5, 0.6) is 0 Å². The third-order valence-corrected chi connectivity index (χ3v) is 2.57. The van der Waals surface area contributed by atoms with Crippen LogP contribution in [0.15, 0.2) is 41.8 Å². The molecule has 2 heteroatoms. The molecule has 2 rings (SSSR count). The van der Waals surface area contributed by atoms with Crippen LogP contribution in [0.25, 0.3) is 10.4 Å². The van der Waals surface area contributed by atoms with E-state index in [4.69, 9.17) is 0 Å². The molecule has 0 aliphatic heterocycles. The van der Waals surface area contributed by atoms with Crippen LogP contribution in [0, 0.1) is 5.82 Å². The van der Waals surface area contributed by atoms with Gasteiger partial charge in [0, 0.05) is 4.88 Å². The molecule has 0 saturated heterocycles. The van der Waals surface area contributed by atoms with Gasteiger partial charge in [0.15, 0.2) is 0 Å². The van der Waals surface area contributed by atoms with Crippen LogP contribution in [0.3, 0.4) is 0 Å². The molecule has 0 aliphatic rings. The van der Waals surface area contributed by atoms with Crippen LogP contribution in [0.1, 0.15) is 13.8 Å². The van der Waals surface area contributed by atoms with E-state index in [9.17, 15) is 4.39 Å². The van der Waals surface area contributed by atoms with Gasteiger partial charge in [0.05, 0.1) is 0 Å². The second kappa shape index (κ2) is 5.55. The molecule has 0 nitrogen and oxygen atoms in total. The van der Waals surface area contributed by atoms with Crippen molar-refractivity contribution in [2.75, 3.05) is 0 Å². The molecule has 74 valence electrons. The predicted molar refractivity (Wildman–Crippen MR) is 61.1 cm³/mol. The first-order valence-electron chi connectivity index (χ1n) is 4.66. The van der Waals surface area contributed by atoms with E-state index in [1.165, 1.54) is 17.0 Å². The van der Waals surface area contributed by atoms with Crippen LogP contribution in [0.2, 0.25) is 0 Å². The SMILES string of the molecule is CC.Fc1ccc(-c2cccs2)cc1. The van der Waals surface area contributed by atoms with Crippen LogP contribution in [-0.4, -0.2) is 0 Å². The van der Waals surface area contributed by atoms with Crippen molar-refractivity contribution >= 4 is 11.3 Å². The zero-order valence-electron chi connectivity index (χ0n) is 8.33. The Morgan fingerprint density at radius 1 is 1.00 bits per heavy atom. The van der Waals surface area contributed by atoms with Crippen molar-refractivity contribution < 1.29 is 4.39 Å². The first kappa shape index (κ1) is 10.9. The summed E-state index contributed by atoms with van der Waals surface area (Å²) in [4.78, 5) is 1.18. The van der Waals surface area contributed by atoms with E-state index in [2.05, 4.69) is 0 Å². The molecule has 0 bridgehead atoms. The summed E-state index contributed by atoms with van der Waals surface area (Å²) in [6.45, 7) is 4.00. The van der Waals surface area contributed by atoms with Crippen LogP contribution in [-0.2, 0) is 0 Å². The second-order valence-corrected chi connectivity index (χ2v) is 3.43. The summed E-state index contributed by atoms with van der Waals surface area (Å²) < 4.78 is 12.5. The van der Waals surface area contributed by atoms with E-state index in [0.717, 1.165) is 5.56 Å². The summed E-state index contributed by atoms with van der Waals surface area (Å²) in [5.41, 5.74) is 1.08. The normalized spacial score (nSPS) is 9.07. The standard InChI is InChI=1S/C10H7FS.C2H6/c11-9-5-3-8(4-6-9)10-2-1-7-12-10;1-2/h1-7H;1-2H3. The number of hydrogen-bond donors (Lipinski definition) is 0. The summed E-state index contributed by atoms with van der Waals surface area (Å²) in [6.07, 6.45) is 0. The van der Waals surface area contributed by atoms with E-state index in [1.54, 1.807) is 23.5 Å². The Balaban J connectivity index is 0.000000461. The van der Waals surface area contributed by atoms with Crippen molar-refractivity contribution in [2.24, 2.45) is 0 Å². The van der Waals surface area contributed by atoms with Crippen molar-refractivity contribution in [1.82, 2.24) is 0 Å². The van der Waals surface area contributed by atoms with Gasteiger partial charge >= 0.3 is 0 Å². The van der Waals surface area contributed by atoms with Crippen molar-refractivity contribution in [3.63, 3.8) is 0 Å². The monoisotopic (exact) mass is 208 g/mol. The van der Waals surface area contributed by atoms with Gasteiger partial charge in [-0.05, 0) is 29.1 Å². The molecular formula is C12H13FS. The van der Waals surface area contributed by atoms with Gasteiger partial charge in [0.2, 0.25) is 0 Å². The maximum absolute atomic E-state index is 12.5. The quantitative estimate of drug-likeness (QED) is 0.643. The van der Waals surface area contributed by atoms with Crippen molar-refractivity contribution in [3.05, 3.63) is 47.6 Å². The molecule has 1 aromatic heterocycles. The highest BCUT2D eigenvalue weighted by Crippen LogP contribution is 2.24. The smallest absolute Gasteiger partial charge is 0.123 e. The first-order valence-corrected chi connectivity index (χ1v) is 5.54. The molecule has 1 heterocycles. The molecule has 0 spiro atoms. The number of rotatable bonds is 1. The molecular weight excluding hydrogens is 195 g/mol. The fourth-order valence-corrected chi connectivity index (χ4v) is 1.79. The van der Waals surface area contributed by atoms with Crippen molar-refractivity contribution in [3.8, 4) is 10.4 Å². The zero-order chi connectivity index (χ0) is 10.4. The highest BCUT2D eigenvalue weighted by molar-refractivity contribution is 7.13. The summed E-state index contributed by atoms with van der Waals surface area (Å²) >= 11 is 1.66. The van der Waals surface area contributed by atoms with E-state index in [-0.39, 0.29) is 5.82 Å². The highest BCUT2D eigenvalue weighted by Gasteiger charge is 1.96. The molecule has 0 N–H and O–H groups in total. The lowest BCUT2D eigenvalue weighted by Crippen LogP contribution is -1.73. The Labute approximate surface area is 88.0 Å². The van der Waals surface area contributed by atoms with Gasteiger partial charge in [-0.15, -0.1) is 11.3 Å². The number of thiophene rings is 1. The maximum atomic E-state index is 12.5.